The lowest BCUT2D eigenvalue weighted by molar-refractivity contribution is -0.150. The first-order chi connectivity index (χ1) is 19.0. The molecule has 4 aliphatic rings. The van der Waals surface area contributed by atoms with Crippen LogP contribution in [0.1, 0.15) is 48.9 Å². The van der Waals surface area contributed by atoms with Gasteiger partial charge in [-0.05, 0) is 104 Å². The van der Waals surface area contributed by atoms with E-state index < -0.39 is 28.8 Å². The summed E-state index contributed by atoms with van der Waals surface area (Å²) in [5.41, 5.74) is -3.31. The summed E-state index contributed by atoms with van der Waals surface area (Å²) in [6.45, 7) is 0. The Bertz CT molecular complexity index is 1420. The van der Waals surface area contributed by atoms with Gasteiger partial charge < -0.3 is 15.3 Å². The second-order valence-corrected chi connectivity index (χ2v) is 12.9. The monoisotopic (exact) mass is 568 g/mol. The molecular weight excluding hydrogens is 537 g/mol. The van der Waals surface area contributed by atoms with Crippen molar-refractivity contribution in [3.8, 4) is 0 Å². The molecule has 3 aromatic rings. The van der Waals surface area contributed by atoms with Crippen molar-refractivity contribution in [2.75, 3.05) is 11.9 Å². The average Bonchev–Trinajstić information content (AvgIpc) is 2.89. The Balaban J connectivity index is 1.35. The van der Waals surface area contributed by atoms with E-state index in [4.69, 9.17) is 0 Å². The van der Waals surface area contributed by atoms with E-state index in [0.29, 0.717) is 34.7 Å². The summed E-state index contributed by atoms with van der Waals surface area (Å²) in [7, 11) is 1.76. The van der Waals surface area contributed by atoms with Crippen molar-refractivity contribution in [1.29, 1.82) is 0 Å². The zero-order valence-corrected chi connectivity index (χ0v) is 22.9. The smallest absolute Gasteiger partial charge is 0.446 e. The van der Waals surface area contributed by atoms with E-state index in [1.807, 2.05) is 30.3 Å². The third-order valence-electron chi connectivity index (χ3n) is 9.16. The topological polar surface area (TPSA) is 69.6 Å². The fourth-order valence-electron chi connectivity index (χ4n) is 8.02. The standard InChI is InChI=1S/C31H31F3N2O3S/c1-36(22-7-9-23(10-8-22)40-31(32,33)34)26-24-5-3-2-4-21(24)6-11-25(26)28(37)35-27(29(38)39)30-15-18-12-19(16-30)14-20(13-18)17-30/h2-11,18-20,27H,12-17H2,1H3,(H,35,37)(H,38,39)/t18?,19?,20?,27-,30?/m1/s1. The third-order valence-corrected chi connectivity index (χ3v) is 9.90. The minimum Gasteiger partial charge on any atom is -0.480 e. The Hall–Kier alpha value is -3.20. The van der Waals surface area contributed by atoms with Gasteiger partial charge in [0, 0.05) is 28.4 Å². The van der Waals surface area contributed by atoms with Crippen LogP contribution in [0.2, 0.25) is 0 Å². The number of nitrogens with one attached hydrogen (secondary N) is 1. The number of thioether (sulfide) groups is 1. The molecular formula is C31H31F3N2O3S. The summed E-state index contributed by atoms with van der Waals surface area (Å²) >= 11 is -0.178. The molecule has 7 rings (SSSR count). The first-order valence-electron chi connectivity index (χ1n) is 13.7. The van der Waals surface area contributed by atoms with Gasteiger partial charge in [-0.1, -0.05) is 30.3 Å². The maximum atomic E-state index is 13.9. The highest BCUT2D eigenvalue weighted by Crippen LogP contribution is 2.61. The SMILES string of the molecule is CN(c1ccc(SC(F)(F)F)cc1)c1c(C(=O)N[C@H](C(=O)O)C23CC4CC(CC(C4)C2)C3)ccc2ccccc12. The summed E-state index contributed by atoms with van der Waals surface area (Å²) in [6, 6.07) is 16.1. The maximum Gasteiger partial charge on any atom is 0.446 e. The number of rotatable bonds is 7. The predicted molar refractivity (Wildman–Crippen MR) is 150 cm³/mol. The lowest BCUT2D eigenvalue weighted by atomic mass is 9.47. The fourth-order valence-corrected chi connectivity index (χ4v) is 8.56. The van der Waals surface area contributed by atoms with Crippen LogP contribution in [0.25, 0.3) is 10.8 Å². The van der Waals surface area contributed by atoms with Crippen LogP contribution in [0.5, 0.6) is 0 Å². The molecule has 210 valence electrons. The lowest BCUT2D eigenvalue weighted by Gasteiger charge is -2.58. The lowest BCUT2D eigenvalue weighted by Crippen LogP contribution is -2.59. The molecule has 1 atom stereocenters. The number of fused-ring (bicyclic) bond motifs is 1. The molecule has 0 heterocycles. The van der Waals surface area contributed by atoms with Crippen LogP contribution in [0.3, 0.4) is 0 Å². The van der Waals surface area contributed by atoms with Crippen LogP contribution in [0, 0.1) is 23.2 Å². The highest BCUT2D eigenvalue weighted by molar-refractivity contribution is 8.00. The predicted octanol–water partition coefficient (Wildman–Crippen LogP) is 7.62. The number of alkyl halides is 3. The molecule has 3 aromatic carbocycles. The molecule has 0 aromatic heterocycles. The van der Waals surface area contributed by atoms with Gasteiger partial charge in [0.15, 0.2) is 0 Å². The normalized spacial score (nSPS) is 26.1. The van der Waals surface area contributed by atoms with E-state index in [2.05, 4.69) is 5.32 Å². The summed E-state index contributed by atoms with van der Waals surface area (Å²) in [5.74, 6) is 0.145. The highest BCUT2D eigenvalue weighted by Gasteiger charge is 2.56. The van der Waals surface area contributed by atoms with Crippen LogP contribution in [-0.4, -0.2) is 35.6 Å². The van der Waals surface area contributed by atoms with Gasteiger partial charge in [0.1, 0.15) is 6.04 Å². The number of carbonyl (C=O) groups is 2. The van der Waals surface area contributed by atoms with Crippen LogP contribution in [-0.2, 0) is 4.79 Å². The molecule has 5 nitrogen and oxygen atoms in total. The summed E-state index contributed by atoms with van der Waals surface area (Å²) < 4.78 is 38.5. The first-order valence-corrected chi connectivity index (χ1v) is 14.5. The van der Waals surface area contributed by atoms with Crippen molar-refractivity contribution < 1.29 is 27.9 Å². The summed E-state index contributed by atoms with van der Waals surface area (Å²) in [5, 5.41) is 15.0. The van der Waals surface area contributed by atoms with E-state index in [9.17, 15) is 27.9 Å². The number of carboxylic acid groups (broad SMARTS) is 1. The van der Waals surface area contributed by atoms with E-state index in [1.165, 1.54) is 31.4 Å². The molecule has 0 unspecified atom stereocenters. The molecule has 0 radical (unpaired) electrons. The van der Waals surface area contributed by atoms with Gasteiger partial charge in [0.05, 0.1) is 11.3 Å². The van der Waals surface area contributed by atoms with Gasteiger partial charge in [-0.3, -0.25) is 4.79 Å². The number of anilines is 2. The van der Waals surface area contributed by atoms with E-state index >= 15 is 0 Å². The first kappa shape index (κ1) is 27.0. The molecule has 4 bridgehead atoms. The van der Waals surface area contributed by atoms with Crippen LogP contribution < -0.4 is 10.2 Å². The van der Waals surface area contributed by atoms with E-state index in [-0.39, 0.29) is 16.7 Å². The molecule has 0 aliphatic heterocycles. The zero-order chi connectivity index (χ0) is 28.2. The van der Waals surface area contributed by atoms with Gasteiger partial charge in [0.25, 0.3) is 5.91 Å². The largest absolute Gasteiger partial charge is 0.480 e. The molecule has 4 fully saturated rings. The minimum absolute atomic E-state index is 0.0698. The number of carboxylic acids is 1. The van der Waals surface area contributed by atoms with Crippen molar-refractivity contribution in [3.05, 3.63) is 66.2 Å². The van der Waals surface area contributed by atoms with Crippen molar-refractivity contribution in [3.63, 3.8) is 0 Å². The minimum atomic E-state index is -4.38. The number of nitrogens with zero attached hydrogens (tertiary/aromatic N) is 1. The van der Waals surface area contributed by atoms with Gasteiger partial charge >= 0.3 is 11.5 Å². The second-order valence-electron chi connectivity index (χ2n) is 11.8. The highest BCUT2D eigenvalue weighted by atomic mass is 32.2. The Morgan fingerprint density at radius 1 is 0.950 bits per heavy atom. The van der Waals surface area contributed by atoms with E-state index in [1.54, 1.807) is 30.1 Å². The number of hydrogen-bond donors (Lipinski definition) is 2. The zero-order valence-electron chi connectivity index (χ0n) is 22.1. The van der Waals surface area contributed by atoms with Gasteiger partial charge in [0.2, 0.25) is 0 Å². The molecule has 9 heteroatoms. The Labute approximate surface area is 235 Å². The third kappa shape index (κ3) is 5.04. The van der Waals surface area contributed by atoms with Crippen LogP contribution in [0.4, 0.5) is 24.5 Å². The number of aliphatic carboxylic acids is 1. The molecule has 2 N–H and O–H groups in total. The number of amides is 1. The average molecular weight is 569 g/mol. The summed E-state index contributed by atoms with van der Waals surface area (Å²) in [6.07, 6.45) is 6.01. The van der Waals surface area contributed by atoms with Crippen molar-refractivity contribution in [1.82, 2.24) is 5.32 Å². The van der Waals surface area contributed by atoms with E-state index in [0.717, 1.165) is 30.0 Å². The van der Waals surface area contributed by atoms with Crippen LogP contribution >= 0.6 is 11.8 Å². The van der Waals surface area contributed by atoms with Crippen molar-refractivity contribution in [2.24, 2.45) is 23.2 Å². The Morgan fingerprint density at radius 2 is 1.55 bits per heavy atom. The maximum absolute atomic E-state index is 13.9. The molecule has 40 heavy (non-hydrogen) atoms. The van der Waals surface area contributed by atoms with Gasteiger partial charge in [-0.15, -0.1) is 0 Å². The molecule has 1 amide bonds. The number of benzene rings is 3. The molecule has 4 saturated carbocycles. The van der Waals surface area contributed by atoms with Crippen LogP contribution in [0.15, 0.2) is 65.6 Å². The van der Waals surface area contributed by atoms with Crippen molar-refractivity contribution in [2.45, 2.75) is 55.0 Å². The van der Waals surface area contributed by atoms with Gasteiger partial charge in [-0.25, -0.2) is 4.79 Å². The van der Waals surface area contributed by atoms with Gasteiger partial charge in [-0.2, -0.15) is 13.2 Å². The number of hydrogen-bond acceptors (Lipinski definition) is 4. The second kappa shape index (κ2) is 10.0. The number of halogens is 3. The summed E-state index contributed by atoms with van der Waals surface area (Å²) in [4.78, 5) is 28.4. The quantitative estimate of drug-likeness (QED) is 0.287. The fraction of sp³-hybridized carbons (Fsp3) is 0.419. The molecule has 0 spiro atoms. The Morgan fingerprint density at radius 3 is 2.12 bits per heavy atom. The number of carbonyl (C=O) groups excluding carboxylic acids is 1. The Kier molecular flexibility index (Phi) is 6.76. The van der Waals surface area contributed by atoms with Crippen molar-refractivity contribution >= 4 is 45.8 Å². The molecule has 0 saturated heterocycles. The molecule has 4 aliphatic carbocycles.